The molecule has 0 spiro atoms. The Morgan fingerprint density at radius 2 is 2.20 bits per heavy atom. The lowest BCUT2D eigenvalue weighted by Crippen LogP contribution is -2.10. The van der Waals surface area contributed by atoms with Crippen molar-refractivity contribution in [2.24, 2.45) is 7.05 Å². The zero-order valence-corrected chi connectivity index (χ0v) is 10.6. The Morgan fingerprint density at radius 3 is 2.95 bits per heavy atom. The standard InChI is InChI=1S/C11H11N7O2/c1-17-7(6(2-16-17)11(19)20)3-18-5-15-8-9(12)13-4-14-10(8)18/h2,4-5H,3H2,1H3,(H,19,20)(H2,12,13,14). The number of carboxylic acid groups (broad SMARTS) is 1. The minimum absolute atomic E-state index is 0.149. The van der Waals surface area contributed by atoms with Gasteiger partial charge in [-0.1, -0.05) is 0 Å². The molecule has 0 fully saturated rings. The highest BCUT2D eigenvalue weighted by Gasteiger charge is 2.17. The number of fused-ring (bicyclic) bond motifs is 1. The molecule has 0 unspecified atom stereocenters. The maximum atomic E-state index is 11.2. The van der Waals surface area contributed by atoms with E-state index >= 15 is 0 Å². The summed E-state index contributed by atoms with van der Waals surface area (Å²) >= 11 is 0. The van der Waals surface area contributed by atoms with Gasteiger partial charge in [0.25, 0.3) is 0 Å². The van der Waals surface area contributed by atoms with E-state index in [1.807, 2.05) is 0 Å². The Balaban J connectivity index is 2.08. The number of nitrogens with two attached hydrogens (primary N) is 1. The fourth-order valence-electron chi connectivity index (χ4n) is 2.00. The monoisotopic (exact) mass is 273 g/mol. The molecule has 0 radical (unpaired) electrons. The molecule has 0 saturated heterocycles. The Morgan fingerprint density at radius 1 is 1.40 bits per heavy atom. The van der Waals surface area contributed by atoms with E-state index in [0.717, 1.165) is 0 Å². The smallest absolute Gasteiger partial charge is 0.339 e. The first-order valence-corrected chi connectivity index (χ1v) is 5.73. The van der Waals surface area contributed by atoms with Crippen LogP contribution >= 0.6 is 0 Å². The number of rotatable bonds is 3. The molecule has 0 aliphatic rings. The van der Waals surface area contributed by atoms with Crippen molar-refractivity contribution in [3.05, 3.63) is 30.1 Å². The number of imidazole rings is 1. The molecule has 102 valence electrons. The number of aromatic carboxylic acids is 1. The minimum atomic E-state index is -1.02. The van der Waals surface area contributed by atoms with Crippen molar-refractivity contribution in [2.45, 2.75) is 6.54 Å². The van der Waals surface area contributed by atoms with Crippen molar-refractivity contribution in [1.29, 1.82) is 0 Å². The Labute approximate surface area is 112 Å². The van der Waals surface area contributed by atoms with E-state index in [2.05, 4.69) is 20.1 Å². The Hall–Kier alpha value is -2.97. The number of carbonyl (C=O) groups is 1. The van der Waals surface area contributed by atoms with Crippen molar-refractivity contribution in [3.63, 3.8) is 0 Å². The van der Waals surface area contributed by atoms with Crippen LogP contribution in [-0.4, -0.2) is 40.4 Å². The summed E-state index contributed by atoms with van der Waals surface area (Å²) in [6, 6.07) is 0. The van der Waals surface area contributed by atoms with Gasteiger partial charge in [-0.05, 0) is 0 Å². The average molecular weight is 273 g/mol. The molecule has 0 atom stereocenters. The van der Waals surface area contributed by atoms with Crippen molar-refractivity contribution in [3.8, 4) is 0 Å². The second kappa shape index (κ2) is 4.30. The molecule has 0 aromatic carbocycles. The summed E-state index contributed by atoms with van der Waals surface area (Å²) < 4.78 is 3.22. The fraction of sp³-hybridized carbons (Fsp3) is 0.182. The number of nitrogens with zero attached hydrogens (tertiary/aromatic N) is 6. The van der Waals surface area contributed by atoms with E-state index in [1.165, 1.54) is 17.2 Å². The number of aryl methyl sites for hydroxylation is 1. The normalized spacial score (nSPS) is 11.1. The van der Waals surface area contributed by atoms with Crippen LogP contribution in [0.4, 0.5) is 5.82 Å². The first kappa shape index (κ1) is 12.1. The molecule has 0 saturated carbocycles. The van der Waals surface area contributed by atoms with Crippen LogP contribution in [0.1, 0.15) is 16.1 Å². The maximum absolute atomic E-state index is 11.2. The van der Waals surface area contributed by atoms with E-state index < -0.39 is 5.97 Å². The zero-order valence-electron chi connectivity index (χ0n) is 10.6. The molecule has 3 aromatic rings. The topological polar surface area (TPSA) is 125 Å². The predicted molar refractivity (Wildman–Crippen MR) is 69.0 cm³/mol. The van der Waals surface area contributed by atoms with Crippen LogP contribution in [-0.2, 0) is 13.6 Å². The maximum Gasteiger partial charge on any atom is 0.339 e. The summed E-state index contributed by atoms with van der Waals surface area (Å²) in [4.78, 5) is 23.3. The van der Waals surface area contributed by atoms with Crippen LogP contribution in [0.3, 0.4) is 0 Å². The summed E-state index contributed by atoms with van der Waals surface area (Å²) in [6.07, 6.45) is 4.21. The van der Waals surface area contributed by atoms with Gasteiger partial charge in [0, 0.05) is 7.05 Å². The molecule has 3 aromatic heterocycles. The molecule has 0 bridgehead atoms. The molecule has 3 N–H and O–H groups in total. The summed E-state index contributed by atoms with van der Waals surface area (Å²) in [5.74, 6) is -0.733. The van der Waals surface area contributed by atoms with Crippen molar-refractivity contribution >= 4 is 23.0 Å². The van der Waals surface area contributed by atoms with Gasteiger partial charge < -0.3 is 15.4 Å². The number of hydrogen-bond acceptors (Lipinski definition) is 6. The number of nitrogen functional groups attached to an aromatic ring is 1. The summed E-state index contributed by atoms with van der Waals surface area (Å²) in [7, 11) is 1.68. The molecule has 9 nitrogen and oxygen atoms in total. The summed E-state index contributed by atoms with van der Waals surface area (Å²) in [5, 5.41) is 13.1. The first-order chi connectivity index (χ1) is 9.58. The largest absolute Gasteiger partial charge is 0.478 e. The molecule has 0 aliphatic carbocycles. The van der Waals surface area contributed by atoms with Crippen LogP contribution in [0.25, 0.3) is 11.2 Å². The lowest BCUT2D eigenvalue weighted by atomic mass is 10.2. The molecule has 20 heavy (non-hydrogen) atoms. The molecular formula is C11H11N7O2. The van der Waals surface area contributed by atoms with E-state index in [1.54, 1.807) is 17.9 Å². The highest BCUT2D eigenvalue weighted by Crippen LogP contribution is 2.17. The first-order valence-electron chi connectivity index (χ1n) is 5.73. The van der Waals surface area contributed by atoms with E-state index in [-0.39, 0.29) is 17.9 Å². The van der Waals surface area contributed by atoms with Crippen molar-refractivity contribution < 1.29 is 9.90 Å². The Kier molecular flexibility index (Phi) is 2.60. The van der Waals surface area contributed by atoms with Crippen LogP contribution in [0.2, 0.25) is 0 Å². The zero-order chi connectivity index (χ0) is 14.3. The highest BCUT2D eigenvalue weighted by molar-refractivity contribution is 5.88. The number of hydrogen-bond donors (Lipinski definition) is 2. The second-order valence-corrected chi connectivity index (χ2v) is 4.24. The van der Waals surface area contributed by atoms with Crippen LogP contribution in [0.5, 0.6) is 0 Å². The average Bonchev–Trinajstić information content (AvgIpc) is 2.97. The number of anilines is 1. The third-order valence-corrected chi connectivity index (χ3v) is 3.04. The van der Waals surface area contributed by atoms with Gasteiger partial charge in [-0.25, -0.2) is 19.7 Å². The number of aromatic nitrogens is 6. The SMILES string of the molecule is Cn1ncc(C(=O)O)c1Cn1cnc2c(N)ncnc21. The van der Waals surface area contributed by atoms with E-state index in [0.29, 0.717) is 16.9 Å². The molecule has 3 heterocycles. The lowest BCUT2D eigenvalue weighted by molar-refractivity contribution is 0.0695. The van der Waals surface area contributed by atoms with Gasteiger partial charge in [0.2, 0.25) is 0 Å². The van der Waals surface area contributed by atoms with Crippen LogP contribution in [0, 0.1) is 0 Å². The van der Waals surface area contributed by atoms with Crippen LogP contribution < -0.4 is 5.73 Å². The Bertz CT molecular complexity index is 804. The van der Waals surface area contributed by atoms with Gasteiger partial charge in [0.1, 0.15) is 17.4 Å². The molecule has 0 amide bonds. The fourth-order valence-corrected chi connectivity index (χ4v) is 2.00. The minimum Gasteiger partial charge on any atom is -0.478 e. The quantitative estimate of drug-likeness (QED) is 0.681. The van der Waals surface area contributed by atoms with Gasteiger partial charge >= 0.3 is 5.97 Å². The van der Waals surface area contributed by atoms with Gasteiger partial charge in [-0.3, -0.25) is 4.68 Å². The highest BCUT2D eigenvalue weighted by atomic mass is 16.4. The second-order valence-electron chi connectivity index (χ2n) is 4.24. The van der Waals surface area contributed by atoms with E-state index in [4.69, 9.17) is 10.8 Å². The molecule has 3 rings (SSSR count). The van der Waals surface area contributed by atoms with Crippen molar-refractivity contribution in [1.82, 2.24) is 29.3 Å². The predicted octanol–water partition coefficient (Wildman–Crippen LogP) is -0.112. The van der Waals surface area contributed by atoms with Gasteiger partial charge in [0.05, 0.1) is 24.8 Å². The third-order valence-electron chi connectivity index (χ3n) is 3.04. The summed E-state index contributed by atoms with van der Waals surface area (Å²) in [6.45, 7) is 0.283. The molecule has 9 heteroatoms. The van der Waals surface area contributed by atoms with Gasteiger partial charge in [-0.2, -0.15) is 5.10 Å². The lowest BCUT2D eigenvalue weighted by Gasteiger charge is -2.06. The molecule has 0 aliphatic heterocycles. The van der Waals surface area contributed by atoms with Crippen LogP contribution in [0.15, 0.2) is 18.9 Å². The van der Waals surface area contributed by atoms with Gasteiger partial charge in [-0.15, -0.1) is 0 Å². The van der Waals surface area contributed by atoms with E-state index in [9.17, 15) is 4.79 Å². The van der Waals surface area contributed by atoms with Crippen molar-refractivity contribution in [2.75, 3.05) is 5.73 Å². The summed E-state index contributed by atoms with van der Waals surface area (Å²) in [5.41, 5.74) is 7.45. The molecular weight excluding hydrogens is 262 g/mol. The van der Waals surface area contributed by atoms with Gasteiger partial charge in [0.15, 0.2) is 11.5 Å². The number of carboxylic acids is 1. The third kappa shape index (κ3) is 1.76.